The Morgan fingerprint density at radius 1 is 0.889 bits per heavy atom. The van der Waals surface area contributed by atoms with Crippen LogP contribution in [0.4, 0.5) is 5.69 Å². The topological polar surface area (TPSA) is 77.8 Å². The summed E-state index contributed by atoms with van der Waals surface area (Å²) < 4.78 is 0. The van der Waals surface area contributed by atoms with Gasteiger partial charge in [-0.2, -0.15) is 0 Å². The van der Waals surface area contributed by atoms with E-state index >= 15 is 0 Å². The zero-order chi connectivity index (χ0) is 19.0. The fourth-order valence-corrected chi connectivity index (χ4v) is 4.16. The highest BCUT2D eigenvalue weighted by atomic mass is 16.4. The Kier molecular flexibility index (Phi) is 4.28. The fourth-order valence-electron chi connectivity index (χ4n) is 4.16. The summed E-state index contributed by atoms with van der Waals surface area (Å²) in [6, 6.07) is 20.5. The molecular weight excluding hydrogens is 342 g/mol. The standard InChI is InChI=1S/C22H19NO4/c24-20(25)13-23-19-11-4-3-10-17(19)18(21(23)22(26)27)12-15-8-5-7-14-6-1-2-9-16(14)15/h1-11,18,21H,12-13H2,(H,24,25)(H,26,27). The zero-order valence-electron chi connectivity index (χ0n) is 14.6. The highest BCUT2D eigenvalue weighted by molar-refractivity contribution is 5.89. The van der Waals surface area contributed by atoms with E-state index in [1.54, 1.807) is 6.07 Å². The maximum absolute atomic E-state index is 12.1. The minimum absolute atomic E-state index is 0.316. The number of anilines is 1. The summed E-state index contributed by atoms with van der Waals surface area (Å²) >= 11 is 0. The summed E-state index contributed by atoms with van der Waals surface area (Å²) in [6.45, 7) is -0.333. The van der Waals surface area contributed by atoms with Gasteiger partial charge in [-0.15, -0.1) is 0 Å². The fraction of sp³-hybridized carbons (Fsp3) is 0.182. The summed E-state index contributed by atoms with van der Waals surface area (Å²) in [5, 5.41) is 21.4. The normalized spacial score (nSPS) is 18.4. The number of fused-ring (bicyclic) bond motifs is 2. The molecule has 2 unspecified atom stereocenters. The van der Waals surface area contributed by atoms with Crippen molar-refractivity contribution in [1.29, 1.82) is 0 Å². The molecule has 0 aliphatic carbocycles. The molecule has 0 bridgehead atoms. The van der Waals surface area contributed by atoms with Crippen LogP contribution in [0.5, 0.6) is 0 Å². The van der Waals surface area contributed by atoms with Gasteiger partial charge >= 0.3 is 11.9 Å². The van der Waals surface area contributed by atoms with Crippen molar-refractivity contribution in [1.82, 2.24) is 0 Å². The molecule has 0 fully saturated rings. The number of benzene rings is 3. The zero-order valence-corrected chi connectivity index (χ0v) is 14.6. The number of nitrogens with zero attached hydrogens (tertiary/aromatic N) is 1. The number of carboxylic acid groups (broad SMARTS) is 2. The van der Waals surface area contributed by atoms with Crippen LogP contribution in [0, 0.1) is 0 Å². The molecule has 3 aromatic carbocycles. The Hall–Kier alpha value is -3.34. The third-order valence-electron chi connectivity index (χ3n) is 5.24. The van der Waals surface area contributed by atoms with E-state index in [-0.39, 0.29) is 12.5 Å². The molecule has 3 aromatic rings. The van der Waals surface area contributed by atoms with E-state index < -0.39 is 18.0 Å². The number of hydrogen-bond donors (Lipinski definition) is 2. The lowest BCUT2D eigenvalue weighted by molar-refractivity contribution is -0.139. The third-order valence-corrected chi connectivity index (χ3v) is 5.24. The quantitative estimate of drug-likeness (QED) is 0.727. The summed E-state index contributed by atoms with van der Waals surface area (Å²) in [7, 11) is 0. The van der Waals surface area contributed by atoms with Crippen LogP contribution in [-0.2, 0) is 16.0 Å². The van der Waals surface area contributed by atoms with E-state index in [1.165, 1.54) is 4.90 Å². The highest BCUT2D eigenvalue weighted by Gasteiger charge is 2.43. The molecule has 2 N–H and O–H groups in total. The molecule has 0 saturated carbocycles. The minimum Gasteiger partial charge on any atom is -0.480 e. The lowest BCUT2D eigenvalue weighted by Gasteiger charge is -2.26. The van der Waals surface area contributed by atoms with Gasteiger partial charge in [-0.1, -0.05) is 60.7 Å². The average molecular weight is 361 g/mol. The largest absolute Gasteiger partial charge is 0.480 e. The lowest BCUT2D eigenvalue weighted by Crippen LogP contribution is -2.43. The predicted octanol–water partition coefficient (Wildman–Crippen LogP) is 3.52. The van der Waals surface area contributed by atoms with E-state index in [9.17, 15) is 19.8 Å². The van der Waals surface area contributed by atoms with Gasteiger partial charge in [0.2, 0.25) is 0 Å². The van der Waals surface area contributed by atoms with E-state index in [2.05, 4.69) is 0 Å². The first-order chi connectivity index (χ1) is 13.1. The molecule has 1 heterocycles. The van der Waals surface area contributed by atoms with Gasteiger partial charge in [0.25, 0.3) is 0 Å². The van der Waals surface area contributed by atoms with Gasteiger partial charge in [0.15, 0.2) is 0 Å². The molecule has 0 radical (unpaired) electrons. The third kappa shape index (κ3) is 3.01. The molecule has 0 saturated heterocycles. The van der Waals surface area contributed by atoms with Crippen molar-refractivity contribution in [3.63, 3.8) is 0 Å². The van der Waals surface area contributed by atoms with Crippen molar-refractivity contribution in [2.75, 3.05) is 11.4 Å². The van der Waals surface area contributed by atoms with Crippen molar-refractivity contribution < 1.29 is 19.8 Å². The summed E-state index contributed by atoms with van der Waals surface area (Å²) in [6.07, 6.45) is 0.533. The molecule has 0 spiro atoms. The number of para-hydroxylation sites is 1. The van der Waals surface area contributed by atoms with Crippen LogP contribution in [-0.4, -0.2) is 34.7 Å². The Labute approximate surface area is 156 Å². The van der Waals surface area contributed by atoms with Crippen molar-refractivity contribution in [2.45, 2.75) is 18.4 Å². The molecule has 136 valence electrons. The van der Waals surface area contributed by atoms with Gasteiger partial charge in [0, 0.05) is 11.6 Å². The molecule has 1 aliphatic heterocycles. The van der Waals surface area contributed by atoms with Crippen molar-refractivity contribution in [2.24, 2.45) is 0 Å². The van der Waals surface area contributed by atoms with Crippen LogP contribution in [0.25, 0.3) is 10.8 Å². The maximum atomic E-state index is 12.1. The van der Waals surface area contributed by atoms with Gasteiger partial charge in [-0.05, 0) is 34.4 Å². The molecule has 0 amide bonds. The molecular formula is C22H19NO4. The van der Waals surface area contributed by atoms with Crippen molar-refractivity contribution in [3.8, 4) is 0 Å². The molecule has 2 atom stereocenters. The summed E-state index contributed by atoms with van der Waals surface area (Å²) in [4.78, 5) is 24.9. The first kappa shape index (κ1) is 17.1. The van der Waals surface area contributed by atoms with Gasteiger partial charge in [-0.3, -0.25) is 4.79 Å². The smallest absolute Gasteiger partial charge is 0.327 e. The SMILES string of the molecule is O=C(O)CN1c2ccccc2C(Cc2cccc3ccccc23)C1C(=O)O. The van der Waals surface area contributed by atoms with E-state index in [0.717, 1.165) is 21.9 Å². The molecule has 0 aromatic heterocycles. The Bertz CT molecular complexity index is 1020. The summed E-state index contributed by atoms with van der Waals surface area (Å²) in [5.74, 6) is -2.36. The van der Waals surface area contributed by atoms with Crippen molar-refractivity contribution in [3.05, 3.63) is 77.9 Å². The average Bonchev–Trinajstić information content (AvgIpc) is 2.95. The van der Waals surface area contributed by atoms with Gasteiger partial charge in [0.05, 0.1) is 0 Å². The number of carboxylic acids is 2. The highest BCUT2D eigenvalue weighted by Crippen LogP contribution is 2.43. The molecule has 5 heteroatoms. The van der Waals surface area contributed by atoms with Crippen LogP contribution in [0.15, 0.2) is 66.7 Å². The second kappa shape index (κ2) is 6.76. The van der Waals surface area contributed by atoms with Crippen LogP contribution in [0.3, 0.4) is 0 Å². The Balaban J connectivity index is 1.80. The monoisotopic (exact) mass is 361 g/mol. The number of carbonyl (C=O) groups is 2. The first-order valence-electron chi connectivity index (χ1n) is 8.83. The van der Waals surface area contributed by atoms with Crippen LogP contribution >= 0.6 is 0 Å². The van der Waals surface area contributed by atoms with E-state index in [4.69, 9.17) is 0 Å². The molecule has 1 aliphatic rings. The summed E-state index contributed by atoms with van der Waals surface area (Å²) in [5.41, 5.74) is 2.65. The van der Waals surface area contributed by atoms with Gasteiger partial charge in [-0.25, -0.2) is 4.79 Å². The second-order valence-corrected chi connectivity index (χ2v) is 6.81. The predicted molar refractivity (Wildman–Crippen MR) is 103 cm³/mol. The maximum Gasteiger partial charge on any atom is 0.327 e. The minimum atomic E-state index is -1.04. The molecule has 4 rings (SSSR count). The van der Waals surface area contributed by atoms with Crippen LogP contribution < -0.4 is 4.90 Å². The van der Waals surface area contributed by atoms with E-state index in [1.807, 2.05) is 60.7 Å². The molecule has 5 nitrogen and oxygen atoms in total. The van der Waals surface area contributed by atoms with Crippen LogP contribution in [0.2, 0.25) is 0 Å². The first-order valence-corrected chi connectivity index (χ1v) is 8.83. The Morgan fingerprint density at radius 2 is 1.59 bits per heavy atom. The van der Waals surface area contributed by atoms with Crippen LogP contribution in [0.1, 0.15) is 17.0 Å². The number of rotatable bonds is 5. The molecule has 27 heavy (non-hydrogen) atoms. The van der Waals surface area contributed by atoms with Gasteiger partial charge < -0.3 is 15.1 Å². The number of aliphatic carboxylic acids is 2. The lowest BCUT2D eigenvalue weighted by atomic mass is 9.87. The van der Waals surface area contributed by atoms with Crippen molar-refractivity contribution >= 4 is 28.4 Å². The van der Waals surface area contributed by atoms with E-state index in [0.29, 0.717) is 12.1 Å². The van der Waals surface area contributed by atoms with Gasteiger partial charge in [0.1, 0.15) is 12.6 Å². The Morgan fingerprint density at radius 3 is 2.37 bits per heavy atom. The second-order valence-electron chi connectivity index (χ2n) is 6.81. The number of hydrogen-bond acceptors (Lipinski definition) is 3.